The van der Waals surface area contributed by atoms with Crippen molar-refractivity contribution in [2.75, 3.05) is 5.75 Å². The summed E-state index contributed by atoms with van der Waals surface area (Å²) in [6, 6.07) is 17.3. The van der Waals surface area contributed by atoms with E-state index in [1.54, 1.807) is 10.6 Å². The molecule has 1 atom stereocenters. The number of aromatic nitrogens is 2. The largest absolute Gasteiger partial charge is 0.337 e. The van der Waals surface area contributed by atoms with Crippen molar-refractivity contribution in [2.45, 2.75) is 57.9 Å². The number of hydrogen-bond donors (Lipinski definition) is 0. The standard InChI is InChI=1S/C24H29N3O2S/c1-16(2)26(17(3)4)22(28)15-30-24-25-21-14-10-9-13-20(21)23(29)27(24)18(5)19-11-7-6-8-12-19/h6-14,16-18H,15H2,1-5H3. The molecule has 1 heterocycles. The first-order chi connectivity index (χ1) is 14.3. The van der Waals surface area contributed by atoms with Crippen LogP contribution in [0.4, 0.5) is 0 Å². The summed E-state index contributed by atoms with van der Waals surface area (Å²) in [5.41, 5.74) is 1.59. The molecule has 0 fully saturated rings. The average Bonchev–Trinajstić information content (AvgIpc) is 2.72. The van der Waals surface area contributed by atoms with E-state index < -0.39 is 0 Å². The number of fused-ring (bicyclic) bond motifs is 1. The smallest absolute Gasteiger partial charge is 0.262 e. The fourth-order valence-electron chi connectivity index (χ4n) is 3.82. The number of nitrogens with zero attached hydrogens (tertiary/aromatic N) is 3. The second-order valence-corrected chi connectivity index (χ2v) is 8.89. The number of carbonyl (C=O) groups is 1. The molecular weight excluding hydrogens is 394 g/mol. The molecule has 30 heavy (non-hydrogen) atoms. The third kappa shape index (κ3) is 4.59. The second kappa shape index (κ2) is 9.47. The van der Waals surface area contributed by atoms with Gasteiger partial charge >= 0.3 is 0 Å². The van der Waals surface area contributed by atoms with Crippen LogP contribution in [-0.4, -0.2) is 38.2 Å². The molecule has 0 N–H and O–H groups in total. The maximum absolute atomic E-state index is 13.4. The Morgan fingerprint density at radius 2 is 1.57 bits per heavy atom. The number of carbonyl (C=O) groups excluding carboxylic acids is 1. The van der Waals surface area contributed by atoms with Crippen molar-refractivity contribution in [3.05, 3.63) is 70.5 Å². The molecule has 3 rings (SSSR count). The minimum absolute atomic E-state index is 0.0475. The molecule has 0 spiro atoms. The molecular formula is C24H29N3O2S. The van der Waals surface area contributed by atoms with E-state index in [9.17, 15) is 9.59 Å². The van der Waals surface area contributed by atoms with E-state index in [-0.39, 0.29) is 35.3 Å². The summed E-state index contributed by atoms with van der Waals surface area (Å²) in [7, 11) is 0. The monoisotopic (exact) mass is 423 g/mol. The predicted octanol–water partition coefficient (Wildman–Crippen LogP) is 4.74. The lowest BCUT2D eigenvalue weighted by molar-refractivity contribution is -0.131. The first-order valence-electron chi connectivity index (χ1n) is 10.3. The zero-order valence-corrected chi connectivity index (χ0v) is 19.0. The van der Waals surface area contributed by atoms with Gasteiger partial charge in [-0.05, 0) is 52.3 Å². The molecule has 6 heteroatoms. The quantitative estimate of drug-likeness (QED) is 0.407. The van der Waals surface area contributed by atoms with Crippen LogP contribution in [0.15, 0.2) is 64.5 Å². The van der Waals surface area contributed by atoms with Crippen LogP contribution >= 0.6 is 11.8 Å². The molecule has 1 aromatic heterocycles. The van der Waals surface area contributed by atoms with Crippen molar-refractivity contribution in [3.8, 4) is 0 Å². The highest BCUT2D eigenvalue weighted by Crippen LogP contribution is 2.25. The zero-order chi connectivity index (χ0) is 21.8. The number of thioether (sulfide) groups is 1. The third-order valence-corrected chi connectivity index (χ3v) is 6.11. The molecule has 0 radical (unpaired) electrons. The van der Waals surface area contributed by atoms with Gasteiger partial charge in [-0.2, -0.15) is 0 Å². The van der Waals surface area contributed by atoms with Crippen LogP contribution in [0.1, 0.15) is 46.2 Å². The minimum atomic E-state index is -0.195. The second-order valence-electron chi connectivity index (χ2n) is 7.95. The van der Waals surface area contributed by atoms with Crippen LogP contribution < -0.4 is 5.56 Å². The van der Waals surface area contributed by atoms with Crippen molar-refractivity contribution < 1.29 is 4.79 Å². The Morgan fingerprint density at radius 1 is 0.967 bits per heavy atom. The third-order valence-electron chi connectivity index (χ3n) is 5.17. The van der Waals surface area contributed by atoms with E-state index in [0.29, 0.717) is 16.1 Å². The molecule has 1 unspecified atom stereocenters. The molecule has 2 aromatic carbocycles. The van der Waals surface area contributed by atoms with Crippen LogP contribution in [0.3, 0.4) is 0 Å². The van der Waals surface area contributed by atoms with Gasteiger partial charge < -0.3 is 4.90 Å². The maximum atomic E-state index is 13.4. The van der Waals surface area contributed by atoms with Gasteiger partial charge in [0.15, 0.2) is 5.16 Å². The number of para-hydroxylation sites is 1. The van der Waals surface area contributed by atoms with Gasteiger partial charge in [0, 0.05) is 12.1 Å². The maximum Gasteiger partial charge on any atom is 0.262 e. The lowest BCUT2D eigenvalue weighted by Gasteiger charge is -2.30. The van der Waals surface area contributed by atoms with Gasteiger partial charge in [-0.15, -0.1) is 0 Å². The van der Waals surface area contributed by atoms with Crippen LogP contribution in [0.5, 0.6) is 0 Å². The Balaban J connectivity index is 2.02. The number of benzene rings is 2. The van der Waals surface area contributed by atoms with Gasteiger partial charge in [0.1, 0.15) is 0 Å². The van der Waals surface area contributed by atoms with Crippen LogP contribution in [0.2, 0.25) is 0 Å². The number of hydrogen-bond acceptors (Lipinski definition) is 4. The lowest BCUT2D eigenvalue weighted by atomic mass is 10.1. The van der Waals surface area contributed by atoms with E-state index >= 15 is 0 Å². The highest BCUT2D eigenvalue weighted by atomic mass is 32.2. The molecule has 0 aliphatic heterocycles. The summed E-state index contributed by atoms with van der Waals surface area (Å²) >= 11 is 1.33. The first kappa shape index (κ1) is 22.1. The summed E-state index contributed by atoms with van der Waals surface area (Å²) in [6.45, 7) is 10.1. The molecule has 158 valence electrons. The minimum Gasteiger partial charge on any atom is -0.337 e. The molecule has 5 nitrogen and oxygen atoms in total. The molecule has 0 aliphatic carbocycles. The Labute approximate surface area is 182 Å². The highest BCUT2D eigenvalue weighted by molar-refractivity contribution is 7.99. The summed E-state index contributed by atoms with van der Waals surface area (Å²) < 4.78 is 1.71. The summed E-state index contributed by atoms with van der Waals surface area (Å²) in [5, 5.41) is 1.15. The first-order valence-corrected chi connectivity index (χ1v) is 11.3. The van der Waals surface area contributed by atoms with Crippen LogP contribution in [-0.2, 0) is 4.79 Å². The van der Waals surface area contributed by atoms with Crippen molar-refractivity contribution in [1.82, 2.24) is 14.5 Å². The average molecular weight is 424 g/mol. The van der Waals surface area contributed by atoms with E-state index in [4.69, 9.17) is 4.98 Å². The zero-order valence-electron chi connectivity index (χ0n) is 18.2. The van der Waals surface area contributed by atoms with E-state index in [2.05, 4.69) is 0 Å². The topological polar surface area (TPSA) is 55.2 Å². The SMILES string of the molecule is CC(C)N(C(=O)CSc1nc2ccccc2c(=O)n1C(C)c1ccccc1)C(C)C. The van der Waals surface area contributed by atoms with Crippen molar-refractivity contribution >= 4 is 28.6 Å². The van der Waals surface area contributed by atoms with E-state index in [1.165, 1.54) is 11.8 Å². The van der Waals surface area contributed by atoms with Gasteiger partial charge in [-0.25, -0.2) is 4.98 Å². The Morgan fingerprint density at radius 3 is 2.20 bits per heavy atom. The summed E-state index contributed by atoms with van der Waals surface area (Å²) in [6.07, 6.45) is 0. The van der Waals surface area contributed by atoms with Crippen LogP contribution in [0.25, 0.3) is 10.9 Å². The van der Waals surface area contributed by atoms with E-state index in [0.717, 1.165) is 5.56 Å². The molecule has 0 aliphatic rings. The normalized spacial score (nSPS) is 12.5. The molecule has 0 bridgehead atoms. The van der Waals surface area contributed by atoms with Crippen molar-refractivity contribution in [2.24, 2.45) is 0 Å². The molecule has 0 saturated carbocycles. The van der Waals surface area contributed by atoms with Gasteiger partial charge in [0.2, 0.25) is 5.91 Å². The number of amides is 1. The Kier molecular flexibility index (Phi) is 6.98. The summed E-state index contributed by atoms with van der Waals surface area (Å²) in [5.74, 6) is 0.286. The molecule has 1 amide bonds. The van der Waals surface area contributed by atoms with Gasteiger partial charge in [-0.1, -0.05) is 54.2 Å². The molecule has 0 saturated heterocycles. The lowest BCUT2D eigenvalue weighted by Crippen LogP contribution is -2.43. The van der Waals surface area contributed by atoms with Crippen molar-refractivity contribution in [1.29, 1.82) is 0 Å². The van der Waals surface area contributed by atoms with Gasteiger partial charge in [-0.3, -0.25) is 14.2 Å². The van der Waals surface area contributed by atoms with Gasteiger partial charge in [0.25, 0.3) is 5.56 Å². The summed E-state index contributed by atoms with van der Waals surface area (Å²) in [4.78, 5) is 32.9. The number of rotatable bonds is 7. The molecule has 3 aromatic rings. The Hall–Kier alpha value is -2.60. The van der Waals surface area contributed by atoms with E-state index in [1.807, 2.05) is 88.0 Å². The van der Waals surface area contributed by atoms with Crippen LogP contribution in [0, 0.1) is 0 Å². The highest BCUT2D eigenvalue weighted by Gasteiger charge is 2.23. The fourth-order valence-corrected chi connectivity index (χ4v) is 4.77. The van der Waals surface area contributed by atoms with Crippen molar-refractivity contribution in [3.63, 3.8) is 0 Å². The fraction of sp³-hybridized carbons (Fsp3) is 0.375. The van der Waals surface area contributed by atoms with Gasteiger partial charge in [0.05, 0.1) is 22.7 Å². The predicted molar refractivity (Wildman–Crippen MR) is 124 cm³/mol. The Bertz CT molecular complexity index is 1070.